The quantitative estimate of drug-likeness (QED) is 0.929. The largest absolute Gasteiger partial charge is 0.382 e. The molecule has 1 aliphatic heterocycles. The maximum absolute atomic E-state index is 13.0. The molecule has 0 aliphatic carbocycles. The third-order valence-electron chi connectivity index (χ3n) is 4.43. The van der Waals surface area contributed by atoms with Gasteiger partial charge in [0, 0.05) is 18.8 Å². The molecule has 0 saturated carbocycles. The molecule has 0 aromatic carbocycles. The number of likely N-dealkylation sites (tertiary alicyclic amines) is 1. The second-order valence-electron chi connectivity index (χ2n) is 6.76. The summed E-state index contributed by atoms with van der Waals surface area (Å²) in [7, 11) is 0. The van der Waals surface area contributed by atoms with E-state index in [1.165, 1.54) is 0 Å². The van der Waals surface area contributed by atoms with Gasteiger partial charge < -0.3 is 10.6 Å². The Morgan fingerprint density at radius 3 is 2.83 bits per heavy atom. The highest BCUT2D eigenvalue weighted by Gasteiger charge is 2.33. The average Bonchev–Trinajstić information content (AvgIpc) is 3.15. The molecule has 0 radical (unpaired) electrons. The monoisotopic (exact) mass is 328 g/mol. The van der Waals surface area contributed by atoms with E-state index < -0.39 is 0 Å². The maximum atomic E-state index is 13.0. The van der Waals surface area contributed by atoms with Crippen LogP contribution in [0.1, 0.15) is 54.5 Å². The lowest BCUT2D eigenvalue weighted by molar-refractivity contribution is 0.0731. The molecule has 128 valence electrons. The SMILES string of the molecule is Cc1c(C(=O)N2CCCC2c2ccc(N)nn2)cnn1CC(C)C. The lowest BCUT2D eigenvalue weighted by atomic mass is 10.1. The normalized spacial score (nSPS) is 17.7. The van der Waals surface area contributed by atoms with Crippen molar-refractivity contribution >= 4 is 11.7 Å². The van der Waals surface area contributed by atoms with E-state index in [1.807, 2.05) is 22.6 Å². The van der Waals surface area contributed by atoms with Crippen molar-refractivity contribution in [2.75, 3.05) is 12.3 Å². The molecular weight excluding hydrogens is 304 g/mol. The predicted octanol–water partition coefficient (Wildman–Crippen LogP) is 2.20. The molecule has 1 amide bonds. The summed E-state index contributed by atoms with van der Waals surface area (Å²) in [6.07, 6.45) is 3.54. The molecule has 1 aliphatic rings. The minimum atomic E-state index is -0.0431. The number of hydrogen-bond acceptors (Lipinski definition) is 5. The van der Waals surface area contributed by atoms with Gasteiger partial charge in [-0.1, -0.05) is 13.8 Å². The van der Waals surface area contributed by atoms with Crippen LogP contribution < -0.4 is 5.73 Å². The van der Waals surface area contributed by atoms with Gasteiger partial charge in [-0.3, -0.25) is 9.48 Å². The molecule has 2 aromatic heterocycles. The first-order valence-electron chi connectivity index (χ1n) is 8.40. The van der Waals surface area contributed by atoms with Crippen LogP contribution in [-0.2, 0) is 6.54 Å². The molecule has 1 unspecified atom stereocenters. The Kier molecular flexibility index (Phi) is 4.51. The van der Waals surface area contributed by atoms with Crippen molar-refractivity contribution in [1.82, 2.24) is 24.9 Å². The van der Waals surface area contributed by atoms with Crippen molar-refractivity contribution in [3.63, 3.8) is 0 Å². The number of anilines is 1. The molecule has 2 aromatic rings. The Morgan fingerprint density at radius 2 is 2.17 bits per heavy atom. The second-order valence-corrected chi connectivity index (χ2v) is 6.76. The summed E-state index contributed by atoms with van der Waals surface area (Å²) in [5.74, 6) is 0.889. The molecule has 0 spiro atoms. The molecule has 0 bridgehead atoms. The first-order valence-corrected chi connectivity index (χ1v) is 8.40. The summed E-state index contributed by atoms with van der Waals surface area (Å²) in [6, 6.07) is 3.54. The van der Waals surface area contributed by atoms with Gasteiger partial charge in [0.05, 0.1) is 23.5 Å². The zero-order valence-electron chi connectivity index (χ0n) is 14.4. The van der Waals surface area contributed by atoms with E-state index in [-0.39, 0.29) is 11.9 Å². The Morgan fingerprint density at radius 1 is 1.38 bits per heavy atom. The Bertz CT molecular complexity index is 721. The van der Waals surface area contributed by atoms with E-state index >= 15 is 0 Å². The van der Waals surface area contributed by atoms with Crippen LogP contribution in [0.2, 0.25) is 0 Å². The minimum Gasteiger partial charge on any atom is -0.382 e. The first-order chi connectivity index (χ1) is 11.5. The van der Waals surface area contributed by atoms with Gasteiger partial charge in [0.1, 0.15) is 5.82 Å². The Balaban J connectivity index is 1.83. The van der Waals surface area contributed by atoms with Gasteiger partial charge in [-0.25, -0.2) is 0 Å². The van der Waals surface area contributed by atoms with Crippen LogP contribution in [0.25, 0.3) is 0 Å². The zero-order chi connectivity index (χ0) is 17.3. The van der Waals surface area contributed by atoms with E-state index in [4.69, 9.17) is 5.73 Å². The summed E-state index contributed by atoms with van der Waals surface area (Å²) in [5, 5.41) is 12.5. The summed E-state index contributed by atoms with van der Waals surface area (Å²) < 4.78 is 1.91. The van der Waals surface area contributed by atoms with Crippen molar-refractivity contribution in [2.24, 2.45) is 5.92 Å². The summed E-state index contributed by atoms with van der Waals surface area (Å²) in [4.78, 5) is 14.9. The average molecular weight is 328 g/mol. The molecule has 24 heavy (non-hydrogen) atoms. The van der Waals surface area contributed by atoms with Gasteiger partial charge in [0.15, 0.2) is 0 Å². The molecule has 7 nitrogen and oxygen atoms in total. The molecule has 2 N–H and O–H groups in total. The highest BCUT2D eigenvalue weighted by atomic mass is 16.2. The third kappa shape index (κ3) is 3.11. The molecule has 1 fully saturated rings. The number of nitrogen functional groups attached to an aromatic ring is 1. The number of amides is 1. The van der Waals surface area contributed by atoms with Crippen molar-refractivity contribution in [2.45, 2.75) is 46.2 Å². The Labute approximate surface area is 141 Å². The van der Waals surface area contributed by atoms with E-state index in [2.05, 4.69) is 29.1 Å². The molecule has 1 atom stereocenters. The highest BCUT2D eigenvalue weighted by Crippen LogP contribution is 2.32. The smallest absolute Gasteiger partial charge is 0.257 e. The van der Waals surface area contributed by atoms with Gasteiger partial charge in [-0.05, 0) is 37.8 Å². The summed E-state index contributed by atoms with van der Waals surface area (Å²) >= 11 is 0. The first kappa shape index (κ1) is 16.4. The standard InChI is InChI=1S/C17H24N6O/c1-11(2)10-23-12(3)13(9-19-23)17(24)22-8-4-5-15(22)14-6-7-16(18)21-20-14/h6-7,9,11,15H,4-5,8,10H2,1-3H3,(H2,18,21). The van der Waals surface area contributed by atoms with E-state index in [1.54, 1.807) is 12.3 Å². The number of hydrogen-bond donors (Lipinski definition) is 1. The van der Waals surface area contributed by atoms with Crippen LogP contribution in [-0.4, -0.2) is 37.3 Å². The summed E-state index contributed by atoms with van der Waals surface area (Å²) in [5.41, 5.74) is 7.99. The van der Waals surface area contributed by atoms with Crippen molar-refractivity contribution in [3.8, 4) is 0 Å². The maximum Gasteiger partial charge on any atom is 0.257 e. The lowest BCUT2D eigenvalue weighted by Crippen LogP contribution is -2.31. The number of aromatic nitrogens is 4. The van der Waals surface area contributed by atoms with Crippen LogP contribution in [0, 0.1) is 12.8 Å². The fourth-order valence-corrected chi connectivity index (χ4v) is 3.19. The van der Waals surface area contributed by atoms with Crippen LogP contribution in [0.4, 0.5) is 5.82 Å². The van der Waals surface area contributed by atoms with Gasteiger partial charge in [0.25, 0.3) is 5.91 Å². The second kappa shape index (κ2) is 6.59. The highest BCUT2D eigenvalue weighted by molar-refractivity contribution is 5.95. The third-order valence-corrected chi connectivity index (χ3v) is 4.43. The fraction of sp³-hybridized carbons (Fsp3) is 0.529. The Hall–Kier alpha value is -2.44. The summed E-state index contributed by atoms with van der Waals surface area (Å²) in [6.45, 7) is 7.77. The number of carbonyl (C=O) groups excluding carboxylic acids is 1. The van der Waals surface area contributed by atoms with Crippen LogP contribution >= 0.6 is 0 Å². The fourth-order valence-electron chi connectivity index (χ4n) is 3.19. The van der Waals surface area contributed by atoms with Gasteiger partial charge in [0.2, 0.25) is 0 Å². The van der Waals surface area contributed by atoms with Gasteiger partial charge in [-0.2, -0.15) is 10.2 Å². The molecule has 3 heterocycles. The van der Waals surface area contributed by atoms with E-state index in [0.717, 1.165) is 37.3 Å². The number of nitrogens with two attached hydrogens (primary N) is 1. The van der Waals surface area contributed by atoms with E-state index in [0.29, 0.717) is 17.3 Å². The van der Waals surface area contributed by atoms with Crippen molar-refractivity contribution in [3.05, 3.63) is 35.3 Å². The molecule has 7 heteroatoms. The number of rotatable bonds is 4. The van der Waals surface area contributed by atoms with Crippen molar-refractivity contribution < 1.29 is 4.79 Å². The van der Waals surface area contributed by atoms with E-state index in [9.17, 15) is 4.79 Å². The van der Waals surface area contributed by atoms with Gasteiger partial charge >= 0.3 is 0 Å². The number of nitrogens with zero attached hydrogens (tertiary/aromatic N) is 5. The van der Waals surface area contributed by atoms with Crippen molar-refractivity contribution in [1.29, 1.82) is 0 Å². The predicted molar refractivity (Wildman–Crippen MR) is 91.3 cm³/mol. The number of carbonyl (C=O) groups is 1. The lowest BCUT2D eigenvalue weighted by Gasteiger charge is -2.24. The molecule has 1 saturated heterocycles. The van der Waals surface area contributed by atoms with Gasteiger partial charge in [-0.15, -0.1) is 5.10 Å². The topological polar surface area (TPSA) is 89.9 Å². The minimum absolute atomic E-state index is 0.0173. The van der Waals surface area contributed by atoms with Crippen LogP contribution in [0.15, 0.2) is 18.3 Å². The van der Waals surface area contributed by atoms with Crippen LogP contribution in [0.5, 0.6) is 0 Å². The van der Waals surface area contributed by atoms with Crippen LogP contribution in [0.3, 0.4) is 0 Å². The zero-order valence-corrected chi connectivity index (χ0v) is 14.4. The molecular formula is C17H24N6O. The molecule has 3 rings (SSSR count).